The minimum Gasteiger partial charge on any atom is -0.393 e. The van der Waals surface area contributed by atoms with E-state index in [-0.39, 0.29) is 11.5 Å². The van der Waals surface area contributed by atoms with Crippen LogP contribution in [0.4, 0.5) is 0 Å². The summed E-state index contributed by atoms with van der Waals surface area (Å²) in [5.41, 5.74) is 0.554. The fourth-order valence-corrected chi connectivity index (χ4v) is 7.86. The zero-order valence-electron chi connectivity index (χ0n) is 15.9. The van der Waals surface area contributed by atoms with Gasteiger partial charge in [-0.1, -0.05) is 33.6 Å². The summed E-state index contributed by atoms with van der Waals surface area (Å²) in [6.07, 6.45) is 11.3. The Balaban J connectivity index is 1.70. The summed E-state index contributed by atoms with van der Waals surface area (Å²) in [6.45, 7) is 7.23. The molecule has 0 aromatic rings. The first kappa shape index (κ1) is 17.1. The summed E-state index contributed by atoms with van der Waals surface area (Å²) in [6, 6.07) is 0. The number of Topliss-reactive ketones (excluding diaryl/α,β-unsaturated/α-hetero) is 1. The van der Waals surface area contributed by atoms with Crippen LogP contribution in [0.1, 0.15) is 85.0 Å². The van der Waals surface area contributed by atoms with Crippen molar-refractivity contribution in [2.75, 3.05) is 0 Å². The lowest BCUT2D eigenvalue weighted by Crippen LogP contribution is -2.57. The van der Waals surface area contributed by atoms with E-state index in [2.05, 4.69) is 20.8 Å². The molecule has 0 aromatic carbocycles. The molecule has 8 atom stereocenters. The zero-order chi connectivity index (χ0) is 17.1. The summed E-state index contributed by atoms with van der Waals surface area (Å²) in [5, 5.41) is 10.7. The van der Waals surface area contributed by atoms with E-state index < -0.39 is 0 Å². The first-order valence-electron chi connectivity index (χ1n) is 10.6. The number of carbonyl (C=O) groups is 1. The second kappa shape index (κ2) is 5.83. The minimum absolute atomic E-state index is 0.0795. The Labute approximate surface area is 147 Å². The molecule has 0 aromatic heterocycles. The molecule has 0 aliphatic heterocycles. The van der Waals surface area contributed by atoms with Crippen LogP contribution in [0.5, 0.6) is 0 Å². The lowest BCUT2D eigenvalue weighted by molar-refractivity contribution is -0.156. The molecule has 24 heavy (non-hydrogen) atoms. The highest BCUT2D eigenvalue weighted by Gasteiger charge is 2.62. The number of aliphatic hydroxyl groups excluding tert-OH is 1. The van der Waals surface area contributed by atoms with E-state index in [0.29, 0.717) is 17.1 Å². The van der Waals surface area contributed by atoms with Crippen LogP contribution in [-0.2, 0) is 4.79 Å². The fraction of sp³-hybridized carbons (Fsp3) is 0.955. The Bertz CT molecular complexity index is 514. The molecule has 4 aliphatic carbocycles. The predicted octanol–water partition coefficient (Wildman–Crippen LogP) is 4.99. The Kier molecular flexibility index (Phi) is 4.14. The zero-order valence-corrected chi connectivity index (χ0v) is 15.9. The lowest BCUT2D eigenvalue weighted by atomic mass is 9.42. The van der Waals surface area contributed by atoms with Gasteiger partial charge in [0.25, 0.3) is 0 Å². The Hall–Kier alpha value is -0.370. The van der Waals surface area contributed by atoms with Crippen molar-refractivity contribution in [3.63, 3.8) is 0 Å². The number of ketones is 1. The molecule has 2 nitrogen and oxygen atoms in total. The van der Waals surface area contributed by atoms with Crippen molar-refractivity contribution in [2.24, 2.45) is 40.4 Å². The molecule has 4 rings (SSSR count). The van der Waals surface area contributed by atoms with Crippen LogP contribution in [-0.4, -0.2) is 17.0 Å². The average Bonchev–Trinajstić information content (AvgIpc) is 2.85. The van der Waals surface area contributed by atoms with Crippen LogP contribution in [0.2, 0.25) is 0 Å². The number of aliphatic hydroxyl groups is 1. The van der Waals surface area contributed by atoms with Gasteiger partial charge >= 0.3 is 0 Å². The SMILES string of the molecule is CCCC1CC2CC(=O)CC[C@]2(C)[C@@H]2CC[C@]3(C)C(O)CC[C@H]3[C@H]12. The van der Waals surface area contributed by atoms with Gasteiger partial charge in [0, 0.05) is 12.8 Å². The maximum atomic E-state index is 12.1. The van der Waals surface area contributed by atoms with E-state index in [9.17, 15) is 9.90 Å². The summed E-state index contributed by atoms with van der Waals surface area (Å²) < 4.78 is 0. The molecule has 0 heterocycles. The van der Waals surface area contributed by atoms with E-state index in [0.717, 1.165) is 49.4 Å². The fourth-order valence-electron chi connectivity index (χ4n) is 7.86. The van der Waals surface area contributed by atoms with Gasteiger partial charge in [0.2, 0.25) is 0 Å². The number of hydrogen-bond donors (Lipinski definition) is 1. The van der Waals surface area contributed by atoms with Crippen molar-refractivity contribution >= 4 is 5.78 Å². The Morgan fingerprint density at radius 1 is 1.08 bits per heavy atom. The van der Waals surface area contributed by atoms with E-state index in [1.807, 2.05) is 0 Å². The van der Waals surface area contributed by atoms with Crippen LogP contribution >= 0.6 is 0 Å². The molecule has 136 valence electrons. The van der Waals surface area contributed by atoms with Crippen LogP contribution < -0.4 is 0 Å². The van der Waals surface area contributed by atoms with Crippen molar-refractivity contribution < 1.29 is 9.90 Å². The highest BCUT2D eigenvalue weighted by Crippen LogP contribution is 2.67. The number of carbonyl (C=O) groups excluding carboxylic acids is 1. The third-order valence-corrected chi connectivity index (χ3v) is 9.27. The summed E-state index contributed by atoms with van der Waals surface area (Å²) in [4.78, 5) is 12.1. The van der Waals surface area contributed by atoms with Crippen LogP contribution in [0.25, 0.3) is 0 Å². The van der Waals surface area contributed by atoms with Gasteiger partial charge in [-0.25, -0.2) is 0 Å². The summed E-state index contributed by atoms with van der Waals surface area (Å²) in [5.74, 6) is 4.26. The normalized spacial score (nSPS) is 54.1. The monoisotopic (exact) mass is 332 g/mol. The molecule has 4 saturated carbocycles. The van der Waals surface area contributed by atoms with Crippen LogP contribution in [0.3, 0.4) is 0 Å². The van der Waals surface area contributed by atoms with Crippen molar-refractivity contribution in [1.82, 2.24) is 0 Å². The van der Waals surface area contributed by atoms with Crippen molar-refractivity contribution in [3.8, 4) is 0 Å². The van der Waals surface area contributed by atoms with Gasteiger partial charge in [0.1, 0.15) is 5.78 Å². The third kappa shape index (κ3) is 2.27. The number of fused-ring (bicyclic) bond motifs is 5. The molecule has 3 unspecified atom stereocenters. The molecule has 0 radical (unpaired) electrons. The molecule has 0 amide bonds. The molecule has 0 bridgehead atoms. The van der Waals surface area contributed by atoms with Gasteiger partial charge < -0.3 is 5.11 Å². The first-order chi connectivity index (χ1) is 11.4. The van der Waals surface area contributed by atoms with Crippen molar-refractivity contribution in [2.45, 2.75) is 91.1 Å². The summed E-state index contributed by atoms with van der Waals surface area (Å²) >= 11 is 0. The quantitative estimate of drug-likeness (QED) is 0.774. The number of hydrogen-bond acceptors (Lipinski definition) is 2. The lowest BCUT2D eigenvalue weighted by Gasteiger charge is -2.62. The predicted molar refractivity (Wildman–Crippen MR) is 96.5 cm³/mol. The molecular formula is C22H36O2. The van der Waals surface area contributed by atoms with Gasteiger partial charge in [-0.15, -0.1) is 0 Å². The highest BCUT2D eigenvalue weighted by atomic mass is 16.3. The highest BCUT2D eigenvalue weighted by molar-refractivity contribution is 5.79. The maximum Gasteiger partial charge on any atom is 0.133 e. The maximum absolute atomic E-state index is 12.1. The molecule has 0 saturated heterocycles. The average molecular weight is 333 g/mol. The molecule has 1 N–H and O–H groups in total. The first-order valence-corrected chi connectivity index (χ1v) is 10.6. The van der Waals surface area contributed by atoms with Gasteiger partial charge in [0.15, 0.2) is 0 Å². The van der Waals surface area contributed by atoms with Crippen LogP contribution in [0.15, 0.2) is 0 Å². The molecule has 4 fully saturated rings. The van der Waals surface area contributed by atoms with Gasteiger partial charge in [-0.3, -0.25) is 4.79 Å². The molecule has 0 spiro atoms. The van der Waals surface area contributed by atoms with Gasteiger partial charge in [0.05, 0.1) is 6.10 Å². The minimum atomic E-state index is -0.0795. The Morgan fingerprint density at radius 3 is 2.58 bits per heavy atom. The van der Waals surface area contributed by atoms with Gasteiger partial charge in [-0.2, -0.15) is 0 Å². The largest absolute Gasteiger partial charge is 0.393 e. The summed E-state index contributed by atoms with van der Waals surface area (Å²) in [7, 11) is 0. The third-order valence-electron chi connectivity index (χ3n) is 9.27. The van der Waals surface area contributed by atoms with E-state index in [1.54, 1.807) is 0 Å². The van der Waals surface area contributed by atoms with E-state index in [4.69, 9.17) is 0 Å². The van der Waals surface area contributed by atoms with Crippen LogP contribution in [0, 0.1) is 40.4 Å². The Morgan fingerprint density at radius 2 is 1.83 bits per heavy atom. The standard InChI is InChI=1S/C22H36O2/c1-4-5-14-12-15-13-16(23)8-10-21(15,2)18-9-11-22(3)17(20(14)18)6-7-19(22)24/h14-15,17-20,24H,4-13H2,1-3H3/t14?,15?,17-,18+,19?,20-,21-,22-/m0/s1. The smallest absolute Gasteiger partial charge is 0.133 e. The van der Waals surface area contributed by atoms with Gasteiger partial charge in [-0.05, 0) is 78.9 Å². The number of rotatable bonds is 2. The topological polar surface area (TPSA) is 37.3 Å². The molecular weight excluding hydrogens is 296 g/mol. The second-order valence-electron chi connectivity index (χ2n) is 10.2. The molecule has 2 heteroatoms. The van der Waals surface area contributed by atoms with Crippen molar-refractivity contribution in [1.29, 1.82) is 0 Å². The van der Waals surface area contributed by atoms with E-state index in [1.165, 1.54) is 38.5 Å². The van der Waals surface area contributed by atoms with E-state index >= 15 is 0 Å². The molecule has 4 aliphatic rings. The second-order valence-corrected chi connectivity index (χ2v) is 10.2. The van der Waals surface area contributed by atoms with Crippen molar-refractivity contribution in [3.05, 3.63) is 0 Å².